The predicted molar refractivity (Wildman–Crippen MR) is 142 cm³/mol. The number of anilines is 1. The van der Waals surface area contributed by atoms with Crippen molar-refractivity contribution < 1.29 is 24.2 Å². The molecule has 0 aliphatic carbocycles. The third-order valence-corrected chi connectivity index (χ3v) is 10.9. The predicted octanol–water partition coefficient (Wildman–Crippen LogP) is 4.04. The molecule has 3 saturated heterocycles. The molecule has 3 fully saturated rings. The lowest BCUT2D eigenvalue weighted by molar-refractivity contribution is -0.154. The van der Waals surface area contributed by atoms with Crippen LogP contribution in [0.2, 0.25) is 5.02 Å². The van der Waals surface area contributed by atoms with Gasteiger partial charge in [0.05, 0.1) is 46.5 Å². The molecule has 0 radical (unpaired) electrons. The average Bonchev–Trinajstić information content (AvgIpc) is 3.46. The molecule has 36 heavy (non-hydrogen) atoms. The quantitative estimate of drug-likeness (QED) is 0.372. The van der Waals surface area contributed by atoms with Gasteiger partial charge in [-0.15, -0.1) is 11.8 Å². The summed E-state index contributed by atoms with van der Waals surface area (Å²) in [5.41, 5.74) is 1.15. The molecule has 7 nitrogen and oxygen atoms in total. The smallest absolute Gasteiger partial charge is 0.310 e. The van der Waals surface area contributed by atoms with Gasteiger partial charge < -0.3 is 20.1 Å². The lowest BCUT2D eigenvalue weighted by atomic mass is 9.71. The maximum absolute atomic E-state index is 14.2. The molecule has 5 rings (SSSR count). The van der Waals surface area contributed by atoms with Gasteiger partial charge >= 0.3 is 5.97 Å². The van der Waals surface area contributed by atoms with Crippen LogP contribution in [0.3, 0.4) is 0 Å². The molecule has 3 unspecified atom stereocenters. The fraction of sp³-hybridized carbons (Fsp3) is 0.423. The Labute approximate surface area is 227 Å². The standard InChI is InChI=1S/C26H26BrClN2O5S/c1-2-35-25(34)19-20-24(33)30(18(13-31)14-8-4-3-5-9-14)22(26(20)12-15(27)21(19)36-26)23(32)29-17-11-7-6-10-16(17)28/h3-11,15,18-22,31H,2,12-13H2,1H3,(H,29,32)/t15?,18-,19-,20+,21-,22?,26?/m1/s1. The van der Waals surface area contributed by atoms with Crippen molar-refractivity contribution in [3.8, 4) is 0 Å². The summed E-state index contributed by atoms with van der Waals surface area (Å²) >= 11 is 11.6. The summed E-state index contributed by atoms with van der Waals surface area (Å²) < 4.78 is 4.52. The minimum atomic E-state index is -0.932. The number of carbonyl (C=O) groups is 3. The Morgan fingerprint density at radius 2 is 1.94 bits per heavy atom. The molecule has 2 aromatic carbocycles. The summed E-state index contributed by atoms with van der Waals surface area (Å²) in [5, 5.41) is 13.6. The second-order valence-corrected chi connectivity index (χ2v) is 12.4. The second-order valence-electron chi connectivity index (χ2n) is 9.24. The van der Waals surface area contributed by atoms with E-state index < -0.39 is 40.5 Å². The van der Waals surface area contributed by atoms with Gasteiger partial charge in [0.15, 0.2) is 0 Å². The molecule has 2 aromatic rings. The number of carbonyl (C=O) groups excluding carboxylic acids is 3. The number of thioether (sulfide) groups is 1. The first-order valence-electron chi connectivity index (χ1n) is 11.9. The summed E-state index contributed by atoms with van der Waals surface area (Å²) in [6.07, 6.45) is 0.526. The highest BCUT2D eigenvalue weighted by Gasteiger charge is 2.76. The van der Waals surface area contributed by atoms with E-state index in [0.717, 1.165) is 0 Å². The van der Waals surface area contributed by atoms with Crippen LogP contribution in [0.5, 0.6) is 0 Å². The number of halogens is 2. The van der Waals surface area contributed by atoms with E-state index in [4.69, 9.17) is 16.3 Å². The van der Waals surface area contributed by atoms with E-state index in [9.17, 15) is 19.5 Å². The van der Waals surface area contributed by atoms with Crippen LogP contribution in [-0.2, 0) is 19.1 Å². The van der Waals surface area contributed by atoms with Crippen LogP contribution >= 0.6 is 39.3 Å². The Morgan fingerprint density at radius 1 is 1.25 bits per heavy atom. The molecule has 2 N–H and O–H groups in total. The Kier molecular flexibility index (Phi) is 7.11. The number of esters is 1. The molecule has 7 atom stereocenters. The SMILES string of the molecule is CCOC(=O)[C@H]1[C@@H]2SC3(CC2Br)C(C(=O)Nc2ccccc2Cl)N([C@H](CO)c2ccccc2)C(=O)[C@H]13. The molecule has 3 heterocycles. The number of nitrogens with one attached hydrogen (secondary N) is 1. The highest BCUT2D eigenvalue weighted by atomic mass is 79.9. The zero-order chi connectivity index (χ0) is 25.6. The zero-order valence-electron chi connectivity index (χ0n) is 19.5. The lowest BCUT2D eigenvalue weighted by Gasteiger charge is -2.37. The molecule has 1 spiro atoms. The third kappa shape index (κ3) is 3.95. The van der Waals surface area contributed by atoms with Gasteiger partial charge in [-0.25, -0.2) is 0 Å². The Bertz CT molecular complexity index is 1190. The zero-order valence-corrected chi connectivity index (χ0v) is 22.6. The molecule has 0 saturated carbocycles. The second kappa shape index (κ2) is 10.0. The van der Waals surface area contributed by atoms with Gasteiger partial charge in [-0.2, -0.15) is 0 Å². The van der Waals surface area contributed by atoms with Gasteiger partial charge in [0, 0.05) is 10.1 Å². The molecule has 0 aromatic heterocycles. The van der Waals surface area contributed by atoms with E-state index in [1.165, 1.54) is 16.7 Å². The number of aliphatic hydroxyl groups excluding tert-OH is 1. The van der Waals surface area contributed by atoms with Crippen LogP contribution < -0.4 is 5.32 Å². The van der Waals surface area contributed by atoms with E-state index in [0.29, 0.717) is 22.7 Å². The van der Waals surface area contributed by atoms with Gasteiger partial charge in [-0.05, 0) is 31.0 Å². The number of para-hydroxylation sites is 1. The molecule has 2 amide bonds. The van der Waals surface area contributed by atoms with Crippen molar-refractivity contribution in [3.05, 3.63) is 65.2 Å². The first-order valence-corrected chi connectivity index (χ1v) is 14.0. The van der Waals surface area contributed by atoms with Crippen molar-refractivity contribution in [2.45, 2.75) is 40.3 Å². The Hall–Kier alpha value is -2.07. The highest BCUT2D eigenvalue weighted by Crippen LogP contribution is 2.68. The fourth-order valence-electron chi connectivity index (χ4n) is 6.00. The van der Waals surface area contributed by atoms with Gasteiger partial charge in [-0.3, -0.25) is 14.4 Å². The van der Waals surface area contributed by atoms with Crippen molar-refractivity contribution in [1.29, 1.82) is 0 Å². The molecular weight excluding hydrogens is 568 g/mol. The molecule has 2 bridgehead atoms. The molecule has 3 aliphatic heterocycles. The molecule has 190 valence electrons. The number of nitrogens with zero attached hydrogens (tertiary/aromatic N) is 1. The van der Waals surface area contributed by atoms with Crippen molar-refractivity contribution in [3.63, 3.8) is 0 Å². The normalized spacial score (nSPS) is 31.3. The maximum Gasteiger partial charge on any atom is 0.310 e. The number of benzene rings is 2. The maximum atomic E-state index is 14.2. The first-order chi connectivity index (χ1) is 17.3. The largest absolute Gasteiger partial charge is 0.466 e. The number of fused-ring (bicyclic) bond motifs is 1. The van der Waals surface area contributed by atoms with E-state index in [1.54, 1.807) is 31.2 Å². The van der Waals surface area contributed by atoms with Crippen LogP contribution in [0.4, 0.5) is 5.69 Å². The van der Waals surface area contributed by atoms with Crippen molar-refractivity contribution in [2.75, 3.05) is 18.5 Å². The molecular formula is C26H26BrClN2O5S. The molecule has 3 aliphatic rings. The Morgan fingerprint density at radius 3 is 2.61 bits per heavy atom. The number of hydrogen-bond acceptors (Lipinski definition) is 6. The minimum absolute atomic E-state index is 0.0687. The van der Waals surface area contributed by atoms with E-state index in [2.05, 4.69) is 21.2 Å². The van der Waals surface area contributed by atoms with Crippen LogP contribution in [0.25, 0.3) is 0 Å². The van der Waals surface area contributed by atoms with Gasteiger partial charge in [-0.1, -0.05) is 70.0 Å². The summed E-state index contributed by atoms with van der Waals surface area (Å²) in [6, 6.07) is 14.4. The van der Waals surface area contributed by atoms with Crippen LogP contribution in [-0.4, -0.2) is 61.9 Å². The van der Waals surface area contributed by atoms with E-state index in [-0.39, 0.29) is 29.2 Å². The number of amides is 2. The van der Waals surface area contributed by atoms with E-state index >= 15 is 0 Å². The van der Waals surface area contributed by atoms with Crippen molar-refractivity contribution in [2.24, 2.45) is 11.8 Å². The Balaban J connectivity index is 1.62. The monoisotopic (exact) mass is 592 g/mol. The van der Waals surface area contributed by atoms with Gasteiger partial charge in [0.1, 0.15) is 6.04 Å². The van der Waals surface area contributed by atoms with E-state index in [1.807, 2.05) is 30.3 Å². The van der Waals surface area contributed by atoms with Crippen LogP contribution in [0.1, 0.15) is 24.9 Å². The number of alkyl halides is 1. The van der Waals surface area contributed by atoms with Crippen LogP contribution in [0, 0.1) is 11.8 Å². The third-order valence-electron chi connectivity index (χ3n) is 7.36. The van der Waals surface area contributed by atoms with Gasteiger partial charge in [0.25, 0.3) is 0 Å². The lowest BCUT2D eigenvalue weighted by Crippen LogP contribution is -2.53. The number of likely N-dealkylation sites (tertiary alicyclic amines) is 1. The fourth-order valence-corrected chi connectivity index (χ4v) is 9.77. The number of aliphatic hydroxyl groups is 1. The number of rotatable bonds is 7. The number of hydrogen-bond donors (Lipinski definition) is 2. The van der Waals surface area contributed by atoms with Crippen molar-refractivity contribution >= 4 is 62.8 Å². The minimum Gasteiger partial charge on any atom is -0.466 e. The van der Waals surface area contributed by atoms with Gasteiger partial charge in [0.2, 0.25) is 11.8 Å². The van der Waals surface area contributed by atoms with Crippen LogP contribution in [0.15, 0.2) is 54.6 Å². The molecule has 10 heteroatoms. The summed E-state index contributed by atoms with van der Waals surface area (Å²) in [6.45, 7) is 1.57. The summed E-state index contributed by atoms with van der Waals surface area (Å²) in [5.74, 6) is -2.56. The number of ether oxygens (including phenoxy) is 1. The topological polar surface area (TPSA) is 95.9 Å². The summed E-state index contributed by atoms with van der Waals surface area (Å²) in [4.78, 5) is 42.7. The summed E-state index contributed by atoms with van der Waals surface area (Å²) in [7, 11) is 0. The van der Waals surface area contributed by atoms with Crippen molar-refractivity contribution in [1.82, 2.24) is 4.90 Å². The first kappa shape index (κ1) is 25.6. The highest BCUT2D eigenvalue weighted by molar-refractivity contribution is 9.09. The average molecular weight is 594 g/mol.